The Bertz CT molecular complexity index is 694. The number of nitrogens with zero attached hydrogens (tertiary/aromatic N) is 2. The van der Waals surface area contributed by atoms with Crippen LogP contribution in [0.15, 0.2) is 30.3 Å². The molecule has 5 heteroatoms. The zero-order valence-electron chi connectivity index (χ0n) is 13.2. The second-order valence-electron chi connectivity index (χ2n) is 6.48. The maximum atomic E-state index is 12.8. The van der Waals surface area contributed by atoms with E-state index in [2.05, 4.69) is 27.6 Å². The fraction of sp³-hybridized carbons (Fsp3) is 0.444. The lowest BCUT2D eigenvalue weighted by molar-refractivity contribution is 0.0784. The van der Waals surface area contributed by atoms with Gasteiger partial charge in [0, 0.05) is 36.1 Å². The summed E-state index contributed by atoms with van der Waals surface area (Å²) in [6, 6.07) is 10.5. The molecule has 120 valence electrons. The first-order valence-corrected chi connectivity index (χ1v) is 8.48. The maximum absolute atomic E-state index is 12.8. The molecule has 5 nitrogen and oxygen atoms in total. The first-order chi connectivity index (χ1) is 11.3. The summed E-state index contributed by atoms with van der Waals surface area (Å²) in [5.74, 6) is 0.0850. The zero-order valence-corrected chi connectivity index (χ0v) is 13.2. The standard InChI is InChI=1S/C18H22N4O/c23-18(17-15-8-4-5-9-16(15)20-21-17)22-11-10-14(12-22)19-13-6-2-1-3-7-13/h1-3,6-7,14,19H,4-5,8-12H2,(H,20,21). The van der Waals surface area contributed by atoms with E-state index in [0.717, 1.165) is 55.7 Å². The van der Waals surface area contributed by atoms with Crippen LogP contribution in [0.5, 0.6) is 0 Å². The van der Waals surface area contributed by atoms with E-state index in [-0.39, 0.29) is 5.91 Å². The van der Waals surface area contributed by atoms with Crippen molar-refractivity contribution in [3.63, 3.8) is 0 Å². The van der Waals surface area contributed by atoms with Crippen molar-refractivity contribution in [1.29, 1.82) is 0 Å². The molecular formula is C18H22N4O. The van der Waals surface area contributed by atoms with Crippen LogP contribution < -0.4 is 5.32 Å². The average molecular weight is 310 g/mol. The fourth-order valence-electron chi connectivity index (χ4n) is 3.64. The number of carbonyl (C=O) groups is 1. The van der Waals surface area contributed by atoms with E-state index in [1.165, 1.54) is 6.42 Å². The molecular weight excluding hydrogens is 288 g/mol. The van der Waals surface area contributed by atoms with Crippen LogP contribution in [-0.4, -0.2) is 40.1 Å². The van der Waals surface area contributed by atoms with Crippen molar-refractivity contribution in [1.82, 2.24) is 15.1 Å². The van der Waals surface area contributed by atoms with E-state index >= 15 is 0 Å². The third-order valence-corrected chi connectivity index (χ3v) is 4.88. The number of hydrogen-bond acceptors (Lipinski definition) is 3. The lowest BCUT2D eigenvalue weighted by Crippen LogP contribution is -2.32. The van der Waals surface area contributed by atoms with Crippen molar-refractivity contribution >= 4 is 11.6 Å². The van der Waals surface area contributed by atoms with Gasteiger partial charge in [-0.2, -0.15) is 5.10 Å². The van der Waals surface area contributed by atoms with Crippen LogP contribution >= 0.6 is 0 Å². The van der Waals surface area contributed by atoms with Gasteiger partial charge < -0.3 is 10.2 Å². The molecule has 1 aliphatic heterocycles. The Labute approximate surface area is 136 Å². The van der Waals surface area contributed by atoms with E-state index in [1.807, 2.05) is 23.1 Å². The third-order valence-electron chi connectivity index (χ3n) is 4.88. The molecule has 23 heavy (non-hydrogen) atoms. The monoisotopic (exact) mass is 310 g/mol. The highest BCUT2D eigenvalue weighted by atomic mass is 16.2. The summed E-state index contributed by atoms with van der Waals surface area (Å²) in [6.45, 7) is 1.54. The van der Waals surface area contributed by atoms with Gasteiger partial charge in [-0.05, 0) is 44.2 Å². The van der Waals surface area contributed by atoms with E-state index in [1.54, 1.807) is 0 Å². The minimum Gasteiger partial charge on any atom is -0.380 e. The summed E-state index contributed by atoms with van der Waals surface area (Å²) < 4.78 is 0. The Morgan fingerprint density at radius 1 is 1.22 bits per heavy atom. The van der Waals surface area contributed by atoms with E-state index in [0.29, 0.717) is 11.7 Å². The predicted octanol–water partition coefficient (Wildman–Crippen LogP) is 2.62. The first kappa shape index (κ1) is 14.3. The highest BCUT2D eigenvalue weighted by Crippen LogP contribution is 2.24. The SMILES string of the molecule is O=C(c1n[nH]c2c1CCCC2)N1CCC(Nc2ccccc2)C1. The normalized spacial score (nSPS) is 20.3. The van der Waals surface area contributed by atoms with Gasteiger partial charge >= 0.3 is 0 Å². The van der Waals surface area contributed by atoms with Gasteiger partial charge in [0.1, 0.15) is 0 Å². The Kier molecular flexibility index (Phi) is 3.77. The molecule has 1 fully saturated rings. The molecule has 1 aromatic heterocycles. The summed E-state index contributed by atoms with van der Waals surface area (Å²) in [6.07, 6.45) is 5.33. The van der Waals surface area contributed by atoms with Crippen LogP contribution in [-0.2, 0) is 12.8 Å². The van der Waals surface area contributed by atoms with E-state index in [4.69, 9.17) is 0 Å². The average Bonchev–Trinajstić information content (AvgIpc) is 3.22. The molecule has 0 spiro atoms. The van der Waals surface area contributed by atoms with Crippen LogP contribution in [0.1, 0.15) is 41.0 Å². The Morgan fingerprint density at radius 2 is 2.04 bits per heavy atom. The summed E-state index contributed by atoms with van der Waals surface area (Å²) in [5.41, 5.74) is 4.09. The van der Waals surface area contributed by atoms with E-state index in [9.17, 15) is 4.79 Å². The minimum atomic E-state index is 0.0850. The molecule has 0 radical (unpaired) electrons. The zero-order chi connectivity index (χ0) is 15.6. The topological polar surface area (TPSA) is 61.0 Å². The van der Waals surface area contributed by atoms with Gasteiger partial charge in [0.2, 0.25) is 0 Å². The molecule has 1 saturated heterocycles. The summed E-state index contributed by atoms with van der Waals surface area (Å²) >= 11 is 0. The van der Waals surface area contributed by atoms with Crippen molar-refractivity contribution in [2.75, 3.05) is 18.4 Å². The molecule has 2 aromatic rings. The molecule has 2 aliphatic rings. The lowest BCUT2D eigenvalue weighted by atomic mass is 9.95. The molecule has 2 heterocycles. The van der Waals surface area contributed by atoms with Crippen molar-refractivity contribution in [3.8, 4) is 0 Å². The van der Waals surface area contributed by atoms with Crippen LogP contribution in [0.3, 0.4) is 0 Å². The third kappa shape index (κ3) is 2.83. The molecule has 4 rings (SSSR count). The molecule has 1 amide bonds. The van der Waals surface area contributed by atoms with Crippen molar-refractivity contribution < 1.29 is 4.79 Å². The minimum absolute atomic E-state index is 0.0850. The van der Waals surface area contributed by atoms with Gasteiger partial charge in [-0.15, -0.1) is 0 Å². The number of likely N-dealkylation sites (tertiary alicyclic amines) is 1. The molecule has 2 N–H and O–H groups in total. The van der Waals surface area contributed by atoms with Gasteiger partial charge in [0.05, 0.1) is 0 Å². The van der Waals surface area contributed by atoms with Crippen LogP contribution in [0.25, 0.3) is 0 Å². The molecule has 0 saturated carbocycles. The number of aromatic nitrogens is 2. The Balaban J connectivity index is 1.43. The fourth-order valence-corrected chi connectivity index (χ4v) is 3.64. The van der Waals surface area contributed by atoms with Gasteiger partial charge in [0.15, 0.2) is 5.69 Å². The quantitative estimate of drug-likeness (QED) is 0.916. The summed E-state index contributed by atoms with van der Waals surface area (Å²) in [4.78, 5) is 14.7. The van der Waals surface area contributed by atoms with Gasteiger partial charge in [-0.3, -0.25) is 9.89 Å². The highest BCUT2D eigenvalue weighted by molar-refractivity contribution is 5.94. The van der Waals surface area contributed by atoms with Gasteiger partial charge in [-0.25, -0.2) is 0 Å². The number of para-hydroxylation sites is 1. The Morgan fingerprint density at radius 3 is 2.91 bits per heavy atom. The van der Waals surface area contributed by atoms with Crippen LogP contribution in [0.2, 0.25) is 0 Å². The number of aromatic amines is 1. The number of nitrogens with one attached hydrogen (secondary N) is 2. The molecule has 1 aromatic carbocycles. The van der Waals surface area contributed by atoms with Gasteiger partial charge in [0.25, 0.3) is 5.91 Å². The van der Waals surface area contributed by atoms with Crippen molar-refractivity contribution in [2.45, 2.75) is 38.1 Å². The molecule has 1 aliphatic carbocycles. The second kappa shape index (κ2) is 6.07. The smallest absolute Gasteiger partial charge is 0.274 e. The largest absolute Gasteiger partial charge is 0.380 e. The van der Waals surface area contributed by atoms with Crippen LogP contribution in [0.4, 0.5) is 5.69 Å². The molecule has 1 atom stereocenters. The Hall–Kier alpha value is -2.30. The second-order valence-corrected chi connectivity index (χ2v) is 6.48. The van der Waals surface area contributed by atoms with Crippen molar-refractivity contribution in [3.05, 3.63) is 47.3 Å². The van der Waals surface area contributed by atoms with Gasteiger partial charge in [-0.1, -0.05) is 18.2 Å². The maximum Gasteiger partial charge on any atom is 0.274 e. The van der Waals surface area contributed by atoms with Crippen molar-refractivity contribution in [2.24, 2.45) is 0 Å². The van der Waals surface area contributed by atoms with E-state index < -0.39 is 0 Å². The number of anilines is 1. The predicted molar refractivity (Wildman–Crippen MR) is 89.6 cm³/mol. The van der Waals surface area contributed by atoms with Crippen LogP contribution in [0, 0.1) is 0 Å². The molecule has 0 bridgehead atoms. The summed E-state index contributed by atoms with van der Waals surface area (Å²) in [7, 11) is 0. The highest BCUT2D eigenvalue weighted by Gasteiger charge is 2.30. The number of fused-ring (bicyclic) bond motifs is 1. The number of rotatable bonds is 3. The first-order valence-electron chi connectivity index (χ1n) is 8.48. The molecule has 1 unspecified atom stereocenters. The number of carbonyl (C=O) groups excluding carboxylic acids is 1. The number of benzene rings is 1. The number of amides is 1. The summed E-state index contributed by atoms with van der Waals surface area (Å²) in [5, 5.41) is 10.9. The lowest BCUT2D eigenvalue weighted by Gasteiger charge is -2.18. The number of aryl methyl sites for hydroxylation is 1. The number of H-pyrrole nitrogens is 1. The number of hydrogen-bond donors (Lipinski definition) is 2.